The van der Waals surface area contributed by atoms with Crippen molar-refractivity contribution in [2.24, 2.45) is 0 Å². The van der Waals surface area contributed by atoms with Crippen LogP contribution < -0.4 is 15.4 Å². The maximum Gasteiger partial charge on any atom is 0.435 e. The third-order valence-corrected chi connectivity index (χ3v) is 8.25. The third kappa shape index (κ3) is 10.7. The molecule has 1 radical (unpaired) electrons. The maximum atomic E-state index is 13.1. The van der Waals surface area contributed by atoms with Gasteiger partial charge in [0, 0.05) is 38.0 Å². The van der Waals surface area contributed by atoms with Gasteiger partial charge < -0.3 is 29.9 Å². The zero-order valence-corrected chi connectivity index (χ0v) is 31.5. The van der Waals surface area contributed by atoms with Gasteiger partial charge in [0.2, 0.25) is 5.91 Å². The Morgan fingerprint density at radius 3 is 2.38 bits per heavy atom. The van der Waals surface area contributed by atoms with E-state index in [-0.39, 0.29) is 53.4 Å². The predicted octanol–water partition coefficient (Wildman–Crippen LogP) is 5.10. The van der Waals surface area contributed by atoms with Crippen molar-refractivity contribution in [3.8, 4) is 5.75 Å². The van der Waals surface area contributed by atoms with Crippen LogP contribution in [-0.2, 0) is 15.7 Å². The number of alkyl halides is 3. The Balaban J connectivity index is 0.000000477. The van der Waals surface area contributed by atoms with Crippen molar-refractivity contribution < 1.29 is 37.0 Å². The van der Waals surface area contributed by atoms with E-state index in [0.29, 0.717) is 17.2 Å². The molecule has 1 saturated heterocycles. The number of aryl methyl sites for hydroxylation is 2. The average molecular weight is 972 g/mol. The summed E-state index contributed by atoms with van der Waals surface area (Å²) < 4.78 is 49.6. The Hall–Kier alpha value is -6.02. The number of benzene rings is 1. The van der Waals surface area contributed by atoms with Crippen LogP contribution in [0, 0.1) is 27.5 Å². The van der Waals surface area contributed by atoms with Gasteiger partial charge in [-0.15, -0.1) is 16.3 Å². The molecule has 1 atom stereocenters. The minimum atomic E-state index is -4.66. The average Bonchev–Trinajstić information content (AvgIpc) is 3.94. The number of nitrogens with one attached hydrogen (secondary N) is 2. The van der Waals surface area contributed by atoms with Gasteiger partial charge in [-0.2, -0.15) is 19.2 Å². The Morgan fingerprint density at radius 2 is 1.81 bits per heavy atom. The molecule has 5 rings (SSSR count). The van der Waals surface area contributed by atoms with E-state index >= 15 is 0 Å². The van der Waals surface area contributed by atoms with Crippen molar-refractivity contribution in [1.82, 2.24) is 30.3 Å². The topological polar surface area (TPSA) is 139 Å². The summed E-state index contributed by atoms with van der Waals surface area (Å²) in [6, 6.07) is 7.74. The Bertz CT molecular complexity index is 1720. The molecule has 0 spiro atoms. The van der Waals surface area contributed by atoms with Crippen LogP contribution in [-0.4, -0.2) is 88.6 Å². The van der Waals surface area contributed by atoms with Crippen molar-refractivity contribution >= 4 is 23.5 Å². The van der Waals surface area contributed by atoms with Gasteiger partial charge >= 0.3 is 6.18 Å². The zero-order valence-electron chi connectivity index (χ0n) is 29.3. The first-order valence-electron chi connectivity index (χ1n) is 16.3. The second-order valence-electron chi connectivity index (χ2n) is 12.3. The van der Waals surface area contributed by atoms with Gasteiger partial charge in [-0.3, -0.25) is 26.4 Å². The number of ether oxygens (including phenoxy) is 2. The molecule has 2 aromatic heterocycles. The van der Waals surface area contributed by atoms with Gasteiger partial charge in [0.1, 0.15) is 5.75 Å². The van der Waals surface area contributed by atoms with Crippen LogP contribution in [0.25, 0.3) is 0 Å². The molecule has 16 heteroatoms. The summed E-state index contributed by atoms with van der Waals surface area (Å²) in [5.74, 6) is -0.537. The number of hydrogen-bond donors (Lipinski definition) is 2. The van der Waals surface area contributed by atoms with Crippen LogP contribution in [0.2, 0.25) is 0 Å². The summed E-state index contributed by atoms with van der Waals surface area (Å²) >= 11 is 0. The molecule has 3 aromatic rings. The van der Waals surface area contributed by atoms with Crippen LogP contribution in [0.4, 0.5) is 19.0 Å². The Labute approximate surface area is 295 Å². The second-order valence-corrected chi connectivity index (χ2v) is 12.3. The second kappa shape index (κ2) is 17.8. The minimum absolute atomic E-state index is 0. The van der Waals surface area contributed by atoms with Crippen molar-refractivity contribution in [1.29, 1.82) is 0 Å². The first kappa shape index (κ1) is 40.4. The van der Waals surface area contributed by atoms with Gasteiger partial charge in [0.15, 0.2) is 11.5 Å². The van der Waals surface area contributed by atoms with Gasteiger partial charge in [0.05, 0.1) is 12.2 Å². The first-order chi connectivity index (χ1) is 24.2. The molecule has 1 aromatic carbocycles. The Kier molecular flexibility index (Phi) is 13.8. The number of methoxy groups -OCH3 is 1. The minimum Gasteiger partial charge on any atom is -0.551 e. The molecule has 2 N–H and O–H groups in total. The number of hydrogen-bond acceptors (Lipinski definition) is 9. The summed E-state index contributed by atoms with van der Waals surface area (Å²) in [6.45, 7) is 12.9. The van der Waals surface area contributed by atoms with Crippen LogP contribution in [0.15, 0.2) is 49.2 Å². The summed E-state index contributed by atoms with van der Waals surface area (Å²) in [7, 11) is 5.33. The number of carbonyl (C=O) groups is 3. The van der Waals surface area contributed by atoms with Gasteiger partial charge in [-0.1, -0.05) is 12.3 Å². The van der Waals surface area contributed by atoms with E-state index in [0.717, 1.165) is 38.5 Å². The molecule has 289 valence electrons. The van der Waals surface area contributed by atoms with Crippen molar-refractivity contribution in [3.05, 3.63) is 102 Å². The molecule has 12 nitrogen and oxygen atoms in total. The van der Waals surface area contributed by atoms with Crippen molar-refractivity contribution in [3.63, 3.8) is 0 Å². The predicted molar refractivity (Wildman–Crippen MR) is 184 cm³/mol. The number of carbonyl (C=O) groups excluding carboxylic acids is 3. The third-order valence-electron chi connectivity index (χ3n) is 8.25. The monoisotopic (exact) mass is 971 g/mol. The maximum absolute atomic E-state index is 13.1. The van der Waals surface area contributed by atoms with Crippen molar-refractivity contribution in [2.45, 2.75) is 51.7 Å². The summed E-state index contributed by atoms with van der Waals surface area (Å²) in [5, 5.41) is 11.8. The molecule has 0 unspecified atom stereocenters. The summed E-state index contributed by atoms with van der Waals surface area (Å²) in [6.07, 6.45) is 0.828. The number of pyridine rings is 1. The fraction of sp³-hybridized carbons (Fsp3) is 0.389. The van der Waals surface area contributed by atoms with E-state index in [4.69, 9.17) is 9.47 Å². The molecular formula is C36H42F3LrN7O5-2. The molecule has 2 fully saturated rings. The van der Waals surface area contributed by atoms with E-state index in [9.17, 15) is 27.6 Å². The van der Waals surface area contributed by atoms with Crippen molar-refractivity contribution in [2.75, 3.05) is 45.2 Å². The van der Waals surface area contributed by atoms with E-state index < -0.39 is 23.7 Å². The molecule has 1 aliphatic heterocycles. The quantitative estimate of drug-likeness (QED) is 0.153. The number of piperazine rings is 1. The van der Waals surface area contributed by atoms with E-state index in [1.165, 1.54) is 44.4 Å². The first-order valence-corrected chi connectivity index (χ1v) is 16.3. The summed E-state index contributed by atoms with van der Waals surface area (Å²) in [4.78, 5) is 45.5. The van der Waals surface area contributed by atoms with Gasteiger partial charge in [-0.25, -0.2) is 0 Å². The molecule has 3 amide bonds. The number of rotatable bonds is 11. The molecule has 0 bridgehead atoms. The standard InChI is InChI=1S/C27H27F3N5O4.C9H15N2O.Lr/c1-15-10-22(39-14-19-7-6-18(13-32-19)17-4-5-17)21(25(36)31-8-9-38-3)12-20(15)26(37)33-24-16(2)11-23(34-35-24)27(28,29)30;1-4-9(12)11-6-5-10(3)7-8(11)2;/h6-7,10-14,17H,4-5,8-9H2,1-3H3,(H,31,36)(H,33,35,37);4,8H,1,3,5-7H2,2H3;/q2*-1;/t;8-;/m.1./s1. The smallest absolute Gasteiger partial charge is 0.435 e. The number of nitrogens with zero attached hydrogens (tertiary/aromatic N) is 5. The van der Waals surface area contributed by atoms with Crippen LogP contribution in [0.1, 0.15) is 74.5 Å². The van der Waals surface area contributed by atoms with E-state index in [1.807, 2.05) is 28.9 Å². The van der Waals surface area contributed by atoms with Crippen LogP contribution >= 0.6 is 0 Å². The normalized spacial score (nSPS) is 15.7. The SMILES string of the molecule is C=CC(=O)N1CCN([CH2-])C[C@H]1C.COCCNC(=O)c1cc(C(=O)Nc2nnc(C(F)(F)F)cc2C)c(C)cc1O[CH-]c1ccc(C2CC2)cn1.[Lr]. The largest absolute Gasteiger partial charge is 0.551 e. The molecule has 52 heavy (non-hydrogen) atoms. The number of halogens is 3. The van der Waals surface area contributed by atoms with Crippen LogP contribution in [0.5, 0.6) is 5.75 Å². The molecular weight excluding hydrogens is 929 g/mol. The zero-order chi connectivity index (χ0) is 37.3. The fourth-order valence-corrected chi connectivity index (χ4v) is 5.23. The summed E-state index contributed by atoms with van der Waals surface area (Å²) in [5.41, 5.74) is 1.27. The Morgan fingerprint density at radius 1 is 1.08 bits per heavy atom. The van der Waals surface area contributed by atoms with E-state index in [1.54, 1.807) is 13.1 Å². The van der Waals surface area contributed by atoms with Crippen LogP contribution in [0.3, 0.4) is 0 Å². The fourth-order valence-electron chi connectivity index (χ4n) is 5.23. The van der Waals surface area contributed by atoms with Gasteiger partial charge in [0.25, 0.3) is 11.8 Å². The number of aromatic nitrogens is 3. The molecule has 2 aliphatic rings. The number of amides is 3. The molecule has 3 heterocycles. The van der Waals surface area contributed by atoms with Gasteiger partial charge in [-0.05, 0) is 100 Å². The molecule has 1 saturated carbocycles. The number of anilines is 1. The van der Waals surface area contributed by atoms with E-state index in [2.05, 4.69) is 39.4 Å². The molecule has 1 aliphatic carbocycles.